The molecule has 0 radical (unpaired) electrons. The Morgan fingerprint density at radius 1 is 1.38 bits per heavy atom. The van der Waals surface area contributed by atoms with E-state index in [1.165, 1.54) is 0 Å². The molecule has 0 spiro atoms. The summed E-state index contributed by atoms with van der Waals surface area (Å²) < 4.78 is 13.7. The molecule has 1 amide bonds. The second-order valence-corrected chi connectivity index (χ2v) is 6.19. The Hall–Kier alpha value is -1.40. The number of nitrogens with zero attached hydrogens (tertiary/aromatic N) is 2. The fourth-order valence-corrected chi connectivity index (χ4v) is 3.80. The van der Waals surface area contributed by atoms with E-state index in [2.05, 4.69) is 0 Å². The van der Waals surface area contributed by atoms with Gasteiger partial charge in [-0.05, 0) is 31.2 Å². The number of hydrogen-bond donors (Lipinski definition) is 0. The van der Waals surface area contributed by atoms with E-state index in [0.717, 1.165) is 25.3 Å². The molecule has 1 aliphatic heterocycles. The number of fused-ring (bicyclic) bond motifs is 2. The molecule has 2 atom stereocenters. The molecule has 8 heteroatoms. The first kappa shape index (κ1) is 14.5. The summed E-state index contributed by atoms with van der Waals surface area (Å²) in [5.74, 6) is -1.02. The molecule has 0 N–H and O–H groups in total. The first-order valence-corrected chi connectivity index (χ1v) is 7.28. The lowest BCUT2D eigenvalue weighted by molar-refractivity contribution is -0.384. The van der Waals surface area contributed by atoms with Crippen LogP contribution in [0.25, 0.3) is 0 Å². The molecule has 1 aliphatic carbocycles. The van der Waals surface area contributed by atoms with Crippen LogP contribution >= 0.6 is 23.2 Å². The third-order valence-electron chi connectivity index (χ3n) is 4.22. The SMILES string of the molecule is O=C(c1cc(F)c(Cl)c([N+](=O)[O-])c1Cl)N1CC2CCC1C2. The number of carbonyl (C=O) groups excluding carboxylic acids is 1. The highest BCUT2D eigenvalue weighted by atomic mass is 35.5. The Labute approximate surface area is 129 Å². The maximum Gasteiger partial charge on any atom is 0.310 e. The van der Waals surface area contributed by atoms with E-state index in [9.17, 15) is 19.3 Å². The van der Waals surface area contributed by atoms with Crippen LogP contribution in [0.15, 0.2) is 6.07 Å². The van der Waals surface area contributed by atoms with Crippen molar-refractivity contribution in [1.82, 2.24) is 4.90 Å². The zero-order valence-corrected chi connectivity index (χ0v) is 12.3. The van der Waals surface area contributed by atoms with Crippen LogP contribution < -0.4 is 0 Å². The van der Waals surface area contributed by atoms with E-state index in [1.807, 2.05) is 0 Å². The van der Waals surface area contributed by atoms with Crippen LogP contribution in [-0.2, 0) is 0 Å². The minimum Gasteiger partial charge on any atom is -0.335 e. The van der Waals surface area contributed by atoms with E-state index >= 15 is 0 Å². The van der Waals surface area contributed by atoms with Gasteiger partial charge in [0.1, 0.15) is 10.8 Å². The number of rotatable bonds is 2. The molecule has 21 heavy (non-hydrogen) atoms. The van der Waals surface area contributed by atoms with Gasteiger partial charge in [-0.2, -0.15) is 0 Å². The molecule has 2 aliphatic rings. The predicted octanol–water partition coefficient (Wildman–Crippen LogP) is 3.67. The zero-order valence-electron chi connectivity index (χ0n) is 10.8. The summed E-state index contributed by atoms with van der Waals surface area (Å²) in [7, 11) is 0. The molecule has 1 saturated carbocycles. The maximum atomic E-state index is 13.7. The first-order valence-electron chi connectivity index (χ1n) is 6.53. The smallest absolute Gasteiger partial charge is 0.310 e. The van der Waals surface area contributed by atoms with Gasteiger partial charge < -0.3 is 4.90 Å². The van der Waals surface area contributed by atoms with E-state index in [0.29, 0.717) is 12.5 Å². The molecule has 5 nitrogen and oxygen atoms in total. The molecule has 1 aromatic rings. The highest BCUT2D eigenvalue weighted by molar-refractivity contribution is 6.40. The predicted molar refractivity (Wildman–Crippen MR) is 75.2 cm³/mol. The lowest BCUT2D eigenvalue weighted by Crippen LogP contribution is -2.37. The van der Waals surface area contributed by atoms with Gasteiger partial charge in [-0.25, -0.2) is 4.39 Å². The first-order chi connectivity index (χ1) is 9.90. The van der Waals surface area contributed by atoms with Crippen molar-refractivity contribution in [2.45, 2.75) is 25.3 Å². The monoisotopic (exact) mass is 332 g/mol. The van der Waals surface area contributed by atoms with Gasteiger partial charge in [0, 0.05) is 12.6 Å². The van der Waals surface area contributed by atoms with Crippen LogP contribution in [0, 0.1) is 21.8 Å². The van der Waals surface area contributed by atoms with Crippen molar-refractivity contribution in [1.29, 1.82) is 0 Å². The number of nitro groups is 1. The average molecular weight is 333 g/mol. The number of benzene rings is 1. The number of likely N-dealkylation sites (tertiary alicyclic amines) is 1. The Balaban J connectivity index is 2.02. The molecule has 1 heterocycles. The summed E-state index contributed by atoms with van der Waals surface area (Å²) in [6.45, 7) is 0.595. The summed E-state index contributed by atoms with van der Waals surface area (Å²) in [6, 6.07) is 1.00. The summed E-state index contributed by atoms with van der Waals surface area (Å²) in [5, 5.41) is 9.88. The Morgan fingerprint density at radius 2 is 2.10 bits per heavy atom. The fraction of sp³-hybridized carbons (Fsp3) is 0.462. The molecule has 2 unspecified atom stereocenters. The number of hydrogen-bond acceptors (Lipinski definition) is 3. The maximum absolute atomic E-state index is 13.7. The molecular formula is C13H11Cl2FN2O3. The van der Waals surface area contributed by atoms with Gasteiger partial charge in [0.15, 0.2) is 5.02 Å². The molecule has 2 bridgehead atoms. The molecule has 1 aromatic carbocycles. The third-order valence-corrected chi connectivity index (χ3v) is 4.96. The Kier molecular flexibility index (Phi) is 3.53. The number of nitro benzene ring substituents is 1. The Bertz CT molecular complexity index is 653. The molecule has 1 saturated heterocycles. The highest BCUT2D eigenvalue weighted by Crippen LogP contribution is 2.41. The molecule has 3 rings (SSSR count). The number of halogens is 3. The van der Waals surface area contributed by atoms with Crippen LogP contribution in [0.3, 0.4) is 0 Å². The van der Waals surface area contributed by atoms with Crippen LogP contribution in [0.1, 0.15) is 29.6 Å². The standard InChI is InChI=1S/C13H11Cl2FN2O3/c14-10-8(4-9(16)11(15)12(10)18(20)21)13(19)17-5-6-1-2-7(17)3-6/h4,6-7H,1-3,5H2. The van der Waals surface area contributed by atoms with Crippen LogP contribution in [-0.4, -0.2) is 28.3 Å². The number of amides is 1. The quantitative estimate of drug-likeness (QED) is 0.471. The largest absolute Gasteiger partial charge is 0.335 e. The molecular weight excluding hydrogens is 322 g/mol. The molecule has 0 aromatic heterocycles. The number of piperidine rings is 1. The van der Waals surface area contributed by atoms with Gasteiger partial charge in [-0.15, -0.1) is 0 Å². The number of carbonyl (C=O) groups is 1. The summed E-state index contributed by atoms with van der Waals surface area (Å²) in [4.78, 5) is 24.2. The van der Waals surface area contributed by atoms with Crippen LogP contribution in [0.4, 0.5) is 10.1 Å². The zero-order chi connectivity index (χ0) is 15.3. The topological polar surface area (TPSA) is 63.4 Å². The van der Waals surface area contributed by atoms with Crippen molar-refractivity contribution in [2.75, 3.05) is 6.54 Å². The lowest BCUT2D eigenvalue weighted by atomic mass is 10.1. The van der Waals surface area contributed by atoms with Gasteiger partial charge in [0.25, 0.3) is 5.91 Å². The van der Waals surface area contributed by atoms with Crippen molar-refractivity contribution in [3.63, 3.8) is 0 Å². The fourth-order valence-electron chi connectivity index (χ4n) is 3.23. The van der Waals surface area contributed by atoms with E-state index in [4.69, 9.17) is 23.2 Å². The van der Waals surface area contributed by atoms with Crippen molar-refractivity contribution < 1.29 is 14.1 Å². The molecule has 112 valence electrons. The third kappa shape index (κ3) is 2.26. The van der Waals surface area contributed by atoms with Crippen LogP contribution in [0.5, 0.6) is 0 Å². The van der Waals surface area contributed by atoms with E-state index in [-0.39, 0.29) is 11.6 Å². The normalized spacial score (nSPS) is 23.7. The van der Waals surface area contributed by atoms with Crippen molar-refractivity contribution in [3.8, 4) is 0 Å². The molecule has 2 fully saturated rings. The van der Waals surface area contributed by atoms with Crippen molar-refractivity contribution in [3.05, 3.63) is 37.6 Å². The summed E-state index contributed by atoms with van der Waals surface area (Å²) in [6.07, 6.45) is 2.92. The minimum atomic E-state index is -1.01. The van der Waals surface area contributed by atoms with Gasteiger partial charge in [-0.1, -0.05) is 23.2 Å². The van der Waals surface area contributed by atoms with Gasteiger partial charge in [-0.3, -0.25) is 14.9 Å². The van der Waals surface area contributed by atoms with E-state index < -0.39 is 32.4 Å². The van der Waals surface area contributed by atoms with Gasteiger partial charge in [0.2, 0.25) is 0 Å². The minimum absolute atomic E-state index is 0.122. The van der Waals surface area contributed by atoms with Gasteiger partial charge >= 0.3 is 5.69 Å². The summed E-state index contributed by atoms with van der Waals surface area (Å²) in [5.41, 5.74) is -0.955. The summed E-state index contributed by atoms with van der Waals surface area (Å²) >= 11 is 11.5. The van der Waals surface area contributed by atoms with Crippen molar-refractivity contribution in [2.24, 2.45) is 5.92 Å². The van der Waals surface area contributed by atoms with Crippen LogP contribution in [0.2, 0.25) is 10.0 Å². The van der Waals surface area contributed by atoms with Crippen molar-refractivity contribution >= 4 is 34.8 Å². The van der Waals surface area contributed by atoms with Gasteiger partial charge in [0.05, 0.1) is 10.5 Å². The Morgan fingerprint density at radius 3 is 2.62 bits per heavy atom. The average Bonchev–Trinajstić information content (AvgIpc) is 3.04. The van der Waals surface area contributed by atoms with E-state index in [1.54, 1.807) is 4.90 Å². The second-order valence-electron chi connectivity index (χ2n) is 5.43. The second kappa shape index (κ2) is 5.10. The lowest BCUT2D eigenvalue weighted by Gasteiger charge is -2.27. The highest BCUT2D eigenvalue weighted by Gasteiger charge is 2.41.